The van der Waals surface area contributed by atoms with Gasteiger partial charge in [-0.2, -0.15) is 4.98 Å². The summed E-state index contributed by atoms with van der Waals surface area (Å²) in [6, 6.07) is 1.82. The van der Waals surface area contributed by atoms with Crippen LogP contribution < -0.4 is 0 Å². The number of carbonyl (C=O) groups excluding carboxylic acids is 1. The zero-order valence-electron chi connectivity index (χ0n) is 10.7. The van der Waals surface area contributed by atoms with E-state index in [1.165, 1.54) is 7.11 Å². The van der Waals surface area contributed by atoms with E-state index in [1.54, 1.807) is 12.4 Å². The minimum atomic E-state index is -0.721. The molecule has 2 aromatic rings. The Morgan fingerprint density at radius 1 is 1.47 bits per heavy atom. The van der Waals surface area contributed by atoms with E-state index in [4.69, 9.17) is 9.26 Å². The standard InChI is InChI=1S/C13H13N3O3/c1-8-7-14-6-3-9(8)10-15-11(19-16-10)13(4-5-13)12(17)18-2/h3,6-7H,4-5H2,1-2H3. The van der Waals surface area contributed by atoms with Gasteiger partial charge in [0.15, 0.2) is 0 Å². The second kappa shape index (κ2) is 4.15. The SMILES string of the molecule is COC(=O)C1(c2nc(-c3ccncc3C)no2)CC1. The Hall–Kier alpha value is -2.24. The molecule has 0 spiro atoms. The maximum atomic E-state index is 11.7. The summed E-state index contributed by atoms with van der Waals surface area (Å²) in [5.74, 6) is 0.504. The summed E-state index contributed by atoms with van der Waals surface area (Å²) in [7, 11) is 1.37. The molecule has 0 bridgehead atoms. The van der Waals surface area contributed by atoms with Gasteiger partial charge in [0.2, 0.25) is 11.7 Å². The fourth-order valence-electron chi connectivity index (χ4n) is 2.08. The number of aryl methyl sites for hydroxylation is 1. The lowest BCUT2D eigenvalue weighted by molar-refractivity contribution is -0.144. The third-order valence-electron chi connectivity index (χ3n) is 3.42. The predicted molar refractivity (Wildman–Crippen MR) is 65.2 cm³/mol. The van der Waals surface area contributed by atoms with Crippen LogP contribution in [0.5, 0.6) is 0 Å². The molecule has 0 N–H and O–H groups in total. The first-order valence-corrected chi connectivity index (χ1v) is 6.01. The number of nitrogens with zero attached hydrogens (tertiary/aromatic N) is 3. The largest absolute Gasteiger partial charge is 0.468 e. The van der Waals surface area contributed by atoms with E-state index >= 15 is 0 Å². The summed E-state index contributed by atoms with van der Waals surface area (Å²) >= 11 is 0. The second-order valence-corrected chi connectivity index (χ2v) is 4.69. The first-order chi connectivity index (χ1) is 9.17. The van der Waals surface area contributed by atoms with Gasteiger partial charge in [-0.1, -0.05) is 5.16 Å². The van der Waals surface area contributed by atoms with Gasteiger partial charge in [0.05, 0.1) is 7.11 Å². The Bertz CT molecular complexity index is 632. The molecule has 1 fully saturated rings. The van der Waals surface area contributed by atoms with Crippen molar-refractivity contribution in [2.75, 3.05) is 7.11 Å². The Morgan fingerprint density at radius 3 is 2.89 bits per heavy atom. The molecule has 0 radical (unpaired) electrons. The van der Waals surface area contributed by atoms with Crippen LogP contribution in [0.25, 0.3) is 11.4 Å². The fourth-order valence-corrected chi connectivity index (χ4v) is 2.08. The smallest absolute Gasteiger partial charge is 0.321 e. The second-order valence-electron chi connectivity index (χ2n) is 4.69. The Balaban J connectivity index is 1.97. The molecule has 2 aromatic heterocycles. The molecule has 98 valence electrons. The average Bonchev–Trinajstić information content (AvgIpc) is 3.10. The zero-order chi connectivity index (χ0) is 13.5. The van der Waals surface area contributed by atoms with E-state index in [-0.39, 0.29) is 5.97 Å². The molecule has 0 saturated heterocycles. The number of pyridine rings is 1. The van der Waals surface area contributed by atoms with Crippen molar-refractivity contribution in [3.05, 3.63) is 29.9 Å². The van der Waals surface area contributed by atoms with Crippen molar-refractivity contribution in [3.63, 3.8) is 0 Å². The Morgan fingerprint density at radius 2 is 2.26 bits per heavy atom. The number of hydrogen-bond donors (Lipinski definition) is 0. The van der Waals surface area contributed by atoms with Gasteiger partial charge in [0.1, 0.15) is 5.41 Å². The van der Waals surface area contributed by atoms with Crippen LogP contribution in [0.2, 0.25) is 0 Å². The van der Waals surface area contributed by atoms with Crippen LogP contribution in [0.3, 0.4) is 0 Å². The van der Waals surface area contributed by atoms with Crippen molar-refractivity contribution in [2.24, 2.45) is 0 Å². The molecule has 6 heteroatoms. The van der Waals surface area contributed by atoms with Gasteiger partial charge in [-0.15, -0.1) is 0 Å². The summed E-state index contributed by atoms with van der Waals surface area (Å²) < 4.78 is 10.0. The van der Waals surface area contributed by atoms with Crippen molar-refractivity contribution >= 4 is 5.97 Å². The number of aromatic nitrogens is 3. The van der Waals surface area contributed by atoms with E-state index < -0.39 is 5.41 Å². The topological polar surface area (TPSA) is 78.1 Å². The molecule has 2 heterocycles. The third kappa shape index (κ3) is 1.80. The van der Waals surface area contributed by atoms with Crippen molar-refractivity contribution in [3.8, 4) is 11.4 Å². The van der Waals surface area contributed by atoms with Gasteiger partial charge in [-0.25, -0.2) is 0 Å². The summed E-state index contributed by atoms with van der Waals surface area (Å²) in [6.07, 6.45) is 4.79. The molecule has 0 amide bonds. The number of rotatable bonds is 3. The normalized spacial score (nSPS) is 16.1. The molecule has 1 saturated carbocycles. The molecular weight excluding hydrogens is 246 g/mol. The summed E-state index contributed by atoms with van der Waals surface area (Å²) in [6.45, 7) is 1.92. The fraction of sp³-hybridized carbons (Fsp3) is 0.385. The number of methoxy groups -OCH3 is 1. The molecule has 0 aromatic carbocycles. The molecule has 0 atom stereocenters. The van der Waals surface area contributed by atoms with Crippen LogP contribution in [0.4, 0.5) is 0 Å². The lowest BCUT2D eigenvalue weighted by Gasteiger charge is -2.05. The molecule has 1 aliphatic carbocycles. The third-order valence-corrected chi connectivity index (χ3v) is 3.42. The van der Waals surface area contributed by atoms with Crippen molar-refractivity contribution in [2.45, 2.75) is 25.2 Å². The monoisotopic (exact) mass is 259 g/mol. The van der Waals surface area contributed by atoms with Crippen LogP contribution in [-0.2, 0) is 14.9 Å². The molecular formula is C13H13N3O3. The van der Waals surface area contributed by atoms with Crippen LogP contribution in [0, 0.1) is 6.92 Å². The van der Waals surface area contributed by atoms with E-state index in [0.717, 1.165) is 11.1 Å². The Kier molecular flexibility index (Phi) is 2.58. The van der Waals surface area contributed by atoms with Gasteiger partial charge in [0, 0.05) is 18.0 Å². The van der Waals surface area contributed by atoms with Crippen molar-refractivity contribution in [1.82, 2.24) is 15.1 Å². The lowest BCUT2D eigenvalue weighted by atomic mass is 10.1. The highest BCUT2D eigenvalue weighted by molar-refractivity contribution is 5.85. The van der Waals surface area contributed by atoms with E-state index in [2.05, 4.69) is 15.1 Å². The Labute approximate surface area is 109 Å². The van der Waals surface area contributed by atoms with E-state index in [0.29, 0.717) is 24.6 Å². The van der Waals surface area contributed by atoms with Gasteiger partial charge in [-0.3, -0.25) is 9.78 Å². The maximum Gasteiger partial charge on any atom is 0.321 e. The molecule has 19 heavy (non-hydrogen) atoms. The minimum Gasteiger partial charge on any atom is -0.468 e. The first-order valence-electron chi connectivity index (χ1n) is 6.01. The number of esters is 1. The summed E-state index contributed by atoms with van der Waals surface area (Å²) in [5.41, 5.74) is 1.09. The van der Waals surface area contributed by atoms with Crippen LogP contribution in [0.15, 0.2) is 23.0 Å². The summed E-state index contributed by atoms with van der Waals surface area (Å²) in [4.78, 5) is 20.1. The van der Waals surface area contributed by atoms with Gasteiger partial charge >= 0.3 is 5.97 Å². The van der Waals surface area contributed by atoms with Crippen molar-refractivity contribution < 1.29 is 14.1 Å². The van der Waals surface area contributed by atoms with Crippen LogP contribution >= 0.6 is 0 Å². The number of carbonyl (C=O) groups is 1. The first kappa shape index (κ1) is 11.8. The number of hydrogen-bond acceptors (Lipinski definition) is 6. The maximum absolute atomic E-state index is 11.7. The average molecular weight is 259 g/mol. The minimum absolute atomic E-state index is 0.311. The van der Waals surface area contributed by atoms with Crippen LogP contribution in [-0.4, -0.2) is 28.2 Å². The molecule has 0 unspecified atom stereocenters. The van der Waals surface area contributed by atoms with Gasteiger partial charge in [-0.05, 0) is 31.4 Å². The highest BCUT2D eigenvalue weighted by Crippen LogP contribution is 2.48. The van der Waals surface area contributed by atoms with E-state index in [1.807, 2.05) is 13.0 Å². The van der Waals surface area contributed by atoms with Gasteiger partial charge in [0.25, 0.3) is 0 Å². The highest BCUT2D eigenvalue weighted by atomic mass is 16.5. The quantitative estimate of drug-likeness (QED) is 0.780. The summed E-state index contributed by atoms with van der Waals surface area (Å²) in [5, 5.41) is 3.95. The molecule has 6 nitrogen and oxygen atoms in total. The molecule has 1 aliphatic rings. The number of ether oxygens (including phenoxy) is 1. The van der Waals surface area contributed by atoms with E-state index in [9.17, 15) is 4.79 Å². The van der Waals surface area contributed by atoms with Crippen molar-refractivity contribution in [1.29, 1.82) is 0 Å². The van der Waals surface area contributed by atoms with Crippen LogP contribution in [0.1, 0.15) is 24.3 Å². The highest BCUT2D eigenvalue weighted by Gasteiger charge is 2.57. The van der Waals surface area contributed by atoms with Gasteiger partial charge < -0.3 is 9.26 Å². The zero-order valence-corrected chi connectivity index (χ0v) is 10.7. The molecule has 0 aliphatic heterocycles. The molecule has 3 rings (SSSR count). The predicted octanol–water partition coefficient (Wildman–Crippen LogP) is 1.64. The lowest BCUT2D eigenvalue weighted by Crippen LogP contribution is -2.22.